The molecule has 6 heteroatoms. The molecule has 2 aromatic carbocycles. The van der Waals surface area contributed by atoms with E-state index in [-0.39, 0.29) is 25.6 Å². The number of ether oxygens (including phenoxy) is 3. The van der Waals surface area contributed by atoms with E-state index in [1.165, 1.54) is 0 Å². The Balaban J connectivity index is 1.50. The van der Waals surface area contributed by atoms with Crippen LogP contribution in [-0.4, -0.2) is 24.2 Å². The molecule has 0 saturated carbocycles. The summed E-state index contributed by atoms with van der Waals surface area (Å²) >= 11 is 6.39. The van der Waals surface area contributed by atoms with Gasteiger partial charge in [0.25, 0.3) is 0 Å². The number of para-hydroxylation sites is 1. The third kappa shape index (κ3) is 4.93. The number of hydrogen-bond acceptors (Lipinski definition) is 5. The normalized spacial score (nSPS) is 10.7. The zero-order valence-corrected chi connectivity index (χ0v) is 16.7. The average Bonchev–Trinajstić information content (AvgIpc) is 2.71. The van der Waals surface area contributed by atoms with Gasteiger partial charge in [-0.3, -0.25) is 4.79 Å². The van der Waals surface area contributed by atoms with Gasteiger partial charge in [0, 0.05) is 5.39 Å². The Morgan fingerprint density at radius 1 is 1.04 bits per heavy atom. The molecule has 5 nitrogen and oxygen atoms in total. The summed E-state index contributed by atoms with van der Waals surface area (Å²) in [6, 6.07) is 15.0. The van der Waals surface area contributed by atoms with Gasteiger partial charge in [0.05, 0.1) is 35.9 Å². The van der Waals surface area contributed by atoms with E-state index in [9.17, 15) is 4.79 Å². The van der Waals surface area contributed by atoms with Gasteiger partial charge in [-0.25, -0.2) is 4.98 Å². The number of pyridine rings is 1. The molecule has 0 aliphatic carbocycles. The lowest BCUT2D eigenvalue weighted by molar-refractivity contribution is -0.145. The van der Waals surface area contributed by atoms with Gasteiger partial charge >= 0.3 is 5.97 Å². The van der Waals surface area contributed by atoms with E-state index in [2.05, 4.69) is 4.98 Å². The third-order valence-corrected chi connectivity index (χ3v) is 4.73. The maximum absolute atomic E-state index is 12.0. The number of hydrogen-bond donors (Lipinski definition) is 0. The minimum atomic E-state index is -0.366. The number of carbonyl (C=O) groups excluding carboxylic acids is 1. The molecule has 0 aliphatic heterocycles. The summed E-state index contributed by atoms with van der Waals surface area (Å²) in [4.78, 5) is 16.5. The topological polar surface area (TPSA) is 57.7 Å². The first-order chi connectivity index (χ1) is 13.6. The number of carbonyl (C=O) groups is 1. The van der Waals surface area contributed by atoms with Crippen molar-refractivity contribution >= 4 is 28.5 Å². The first-order valence-corrected chi connectivity index (χ1v) is 9.51. The number of nitrogens with zero attached hydrogens (tertiary/aromatic N) is 1. The zero-order chi connectivity index (χ0) is 19.9. The summed E-state index contributed by atoms with van der Waals surface area (Å²) in [6.45, 7) is 4.74. The molecule has 0 saturated heterocycles. The number of fused-ring (bicyclic) bond motifs is 1. The molecule has 0 aliphatic rings. The monoisotopic (exact) mass is 399 g/mol. The van der Waals surface area contributed by atoms with Crippen LogP contribution in [0.3, 0.4) is 0 Å². The zero-order valence-electron chi connectivity index (χ0n) is 15.9. The maximum atomic E-state index is 12.0. The molecule has 0 N–H and O–H groups in total. The second-order valence-electron chi connectivity index (χ2n) is 6.18. The summed E-state index contributed by atoms with van der Waals surface area (Å²) in [7, 11) is 0. The van der Waals surface area contributed by atoms with E-state index < -0.39 is 0 Å². The second-order valence-corrected chi connectivity index (χ2v) is 6.56. The number of aryl methyl sites for hydroxylation is 1. The summed E-state index contributed by atoms with van der Waals surface area (Å²) in [5.41, 5.74) is 2.31. The summed E-state index contributed by atoms with van der Waals surface area (Å²) in [5, 5.41) is 1.52. The fraction of sp³-hybridized carbons (Fsp3) is 0.273. The Kier molecular flexibility index (Phi) is 6.71. The van der Waals surface area contributed by atoms with Crippen LogP contribution in [0.5, 0.6) is 11.5 Å². The van der Waals surface area contributed by atoms with Crippen molar-refractivity contribution in [2.75, 3.05) is 13.2 Å². The van der Waals surface area contributed by atoms with Crippen molar-refractivity contribution in [1.82, 2.24) is 4.98 Å². The van der Waals surface area contributed by atoms with Crippen LogP contribution in [0.25, 0.3) is 10.9 Å². The van der Waals surface area contributed by atoms with E-state index in [0.717, 1.165) is 22.2 Å². The number of benzene rings is 2. The molecule has 0 unspecified atom stereocenters. The van der Waals surface area contributed by atoms with Crippen LogP contribution >= 0.6 is 11.6 Å². The van der Waals surface area contributed by atoms with Crippen LogP contribution in [0.1, 0.15) is 24.6 Å². The smallest absolute Gasteiger partial charge is 0.309 e. The minimum Gasteiger partial charge on any atom is -0.494 e. The van der Waals surface area contributed by atoms with Crippen molar-refractivity contribution in [2.24, 2.45) is 0 Å². The number of aromatic nitrogens is 1. The van der Waals surface area contributed by atoms with Crippen LogP contribution in [0.4, 0.5) is 0 Å². The lowest BCUT2D eigenvalue weighted by Crippen LogP contribution is -2.11. The fourth-order valence-corrected chi connectivity index (χ4v) is 2.98. The van der Waals surface area contributed by atoms with Gasteiger partial charge in [-0.15, -0.1) is 0 Å². The van der Waals surface area contributed by atoms with Gasteiger partial charge in [-0.1, -0.05) is 29.8 Å². The van der Waals surface area contributed by atoms with Crippen molar-refractivity contribution in [2.45, 2.75) is 26.9 Å². The van der Waals surface area contributed by atoms with Crippen LogP contribution in [0, 0.1) is 6.92 Å². The first-order valence-electron chi connectivity index (χ1n) is 9.13. The Bertz CT molecular complexity index is 957. The first kappa shape index (κ1) is 20.0. The lowest BCUT2D eigenvalue weighted by Gasteiger charge is -2.11. The van der Waals surface area contributed by atoms with Gasteiger partial charge in [0.2, 0.25) is 0 Å². The quantitative estimate of drug-likeness (QED) is 0.493. The van der Waals surface area contributed by atoms with Crippen LogP contribution in [0.2, 0.25) is 5.02 Å². The predicted octanol–water partition coefficient (Wildman–Crippen LogP) is 5.11. The number of esters is 1. The Labute approximate surface area is 169 Å². The molecule has 3 aromatic rings. The second kappa shape index (κ2) is 9.42. The molecule has 0 fully saturated rings. The molecular formula is C22H22ClNO4. The molecule has 0 atom stereocenters. The third-order valence-electron chi connectivity index (χ3n) is 4.23. The highest BCUT2D eigenvalue weighted by atomic mass is 35.5. The highest BCUT2D eigenvalue weighted by Crippen LogP contribution is 2.27. The SMILES string of the molecule is CCOc1ccc(OCCC(=O)OCc2nc3ccccc3c(C)c2Cl)cc1. The molecule has 3 rings (SSSR count). The number of rotatable bonds is 8. The van der Waals surface area contributed by atoms with Crippen LogP contribution in [-0.2, 0) is 16.1 Å². The fourth-order valence-electron chi connectivity index (χ4n) is 2.79. The molecule has 0 spiro atoms. The van der Waals surface area contributed by atoms with Crippen molar-refractivity contribution in [1.29, 1.82) is 0 Å². The maximum Gasteiger partial charge on any atom is 0.309 e. The average molecular weight is 400 g/mol. The highest BCUT2D eigenvalue weighted by molar-refractivity contribution is 6.32. The van der Waals surface area contributed by atoms with E-state index >= 15 is 0 Å². The number of halogens is 1. The standard InChI is InChI=1S/C22H22ClNO4/c1-3-26-16-8-10-17(11-9-16)27-13-12-21(25)28-14-20-22(23)15(2)18-6-4-5-7-19(18)24-20/h4-11H,3,12-14H2,1-2H3. The van der Waals surface area contributed by atoms with E-state index in [4.69, 9.17) is 25.8 Å². The van der Waals surface area contributed by atoms with E-state index in [1.54, 1.807) is 12.1 Å². The van der Waals surface area contributed by atoms with Gasteiger partial charge in [-0.05, 0) is 49.7 Å². The van der Waals surface area contributed by atoms with Crippen molar-refractivity contribution < 1.29 is 19.0 Å². The summed E-state index contributed by atoms with van der Waals surface area (Å²) in [6.07, 6.45) is 0.136. The van der Waals surface area contributed by atoms with Crippen molar-refractivity contribution in [3.05, 3.63) is 64.8 Å². The molecule has 0 bridgehead atoms. The highest BCUT2D eigenvalue weighted by Gasteiger charge is 2.12. The molecule has 1 heterocycles. The van der Waals surface area contributed by atoms with Crippen molar-refractivity contribution in [3.63, 3.8) is 0 Å². The summed E-state index contributed by atoms with van der Waals surface area (Å²) in [5.74, 6) is 1.09. The molecular weight excluding hydrogens is 378 g/mol. The van der Waals surface area contributed by atoms with E-state index in [1.807, 2.05) is 50.2 Å². The Morgan fingerprint density at radius 3 is 2.43 bits per heavy atom. The largest absolute Gasteiger partial charge is 0.494 e. The lowest BCUT2D eigenvalue weighted by atomic mass is 10.1. The van der Waals surface area contributed by atoms with Gasteiger partial charge < -0.3 is 14.2 Å². The molecule has 146 valence electrons. The van der Waals surface area contributed by atoms with Gasteiger partial charge in [0.1, 0.15) is 18.1 Å². The molecule has 1 aromatic heterocycles. The Hall–Kier alpha value is -2.79. The van der Waals surface area contributed by atoms with Crippen molar-refractivity contribution in [3.8, 4) is 11.5 Å². The van der Waals surface area contributed by atoms with E-state index in [0.29, 0.717) is 23.1 Å². The van der Waals surface area contributed by atoms with Gasteiger partial charge in [0.15, 0.2) is 0 Å². The molecule has 28 heavy (non-hydrogen) atoms. The van der Waals surface area contributed by atoms with Crippen LogP contribution in [0.15, 0.2) is 48.5 Å². The Morgan fingerprint density at radius 2 is 1.71 bits per heavy atom. The molecule has 0 radical (unpaired) electrons. The molecule has 0 amide bonds. The summed E-state index contributed by atoms with van der Waals surface area (Å²) < 4.78 is 16.3. The van der Waals surface area contributed by atoms with Crippen LogP contribution < -0.4 is 9.47 Å². The van der Waals surface area contributed by atoms with Gasteiger partial charge in [-0.2, -0.15) is 0 Å². The predicted molar refractivity (Wildman–Crippen MR) is 109 cm³/mol. The minimum absolute atomic E-state index is 0.0341.